The first-order valence-corrected chi connectivity index (χ1v) is 8.80. The summed E-state index contributed by atoms with van der Waals surface area (Å²) in [5, 5.41) is 6.99. The summed E-state index contributed by atoms with van der Waals surface area (Å²) in [5.41, 5.74) is 1.22. The molecule has 3 heterocycles. The molecule has 0 bridgehead atoms. The van der Waals surface area contributed by atoms with Crippen molar-refractivity contribution in [2.24, 2.45) is 0 Å². The van der Waals surface area contributed by atoms with E-state index in [4.69, 9.17) is 0 Å². The minimum absolute atomic E-state index is 0.585. The van der Waals surface area contributed by atoms with Crippen molar-refractivity contribution in [1.29, 1.82) is 0 Å². The van der Waals surface area contributed by atoms with Crippen LogP contribution in [0, 0.1) is 6.92 Å². The molecule has 0 aliphatic carbocycles. The monoisotopic (exact) mass is 303 g/mol. The molecule has 0 aromatic carbocycles. The Hall–Kier alpha value is -1.20. The fourth-order valence-electron chi connectivity index (χ4n) is 3.77. The zero-order chi connectivity index (χ0) is 15.4. The van der Waals surface area contributed by atoms with Crippen LogP contribution >= 0.6 is 0 Å². The molecule has 0 saturated carbocycles. The van der Waals surface area contributed by atoms with E-state index in [1.165, 1.54) is 37.9 Å². The van der Waals surface area contributed by atoms with Gasteiger partial charge in [0.25, 0.3) is 0 Å². The Morgan fingerprint density at radius 2 is 2.09 bits per heavy atom. The van der Waals surface area contributed by atoms with E-state index >= 15 is 0 Å². The van der Waals surface area contributed by atoms with Crippen LogP contribution in [0.4, 0.5) is 5.82 Å². The number of nitrogens with zero attached hydrogens (tertiary/aromatic N) is 3. The molecule has 0 unspecified atom stereocenters. The van der Waals surface area contributed by atoms with Crippen molar-refractivity contribution in [3.8, 4) is 0 Å². The predicted molar refractivity (Wildman–Crippen MR) is 90.4 cm³/mol. The number of likely N-dealkylation sites (N-methyl/N-ethyl adjacent to an activating group) is 1. The summed E-state index contributed by atoms with van der Waals surface area (Å²) in [5.74, 6) is 2.48. The van der Waals surface area contributed by atoms with Gasteiger partial charge in [-0.05, 0) is 58.8 Å². The normalized spacial score (nSPS) is 23.8. The smallest absolute Gasteiger partial charge is 0.129 e. The van der Waals surface area contributed by atoms with Crippen molar-refractivity contribution in [1.82, 2.24) is 20.2 Å². The average Bonchev–Trinajstić information content (AvgIpc) is 3.01. The van der Waals surface area contributed by atoms with Crippen LogP contribution in [0.2, 0.25) is 0 Å². The summed E-state index contributed by atoms with van der Waals surface area (Å²) in [4.78, 5) is 11.8. The number of hydrogen-bond donors (Lipinski definition) is 2. The number of piperidine rings is 1. The van der Waals surface area contributed by atoms with Crippen LogP contribution in [0.15, 0.2) is 6.07 Å². The molecule has 2 aliphatic heterocycles. The average molecular weight is 303 g/mol. The molecule has 1 aromatic heterocycles. The fraction of sp³-hybridized carbons (Fsp3) is 0.765. The van der Waals surface area contributed by atoms with Gasteiger partial charge in [0.1, 0.15) is 11.6 Å². The summed E-state index contributed by atoms with van der Waals surface area (Å²) in [6.07, 6.45) is 4.99. The Bertz CT molecular complexity index is 484. The SMILES string of the molecule is CCN1CCC[C@H]1CNc1cc(C2CCNCC2)nc(C)n1. The zero-order valence-corrected chi connectivity index (χ0v) is 13.9. The van der Waals surface area contributed by atoms with Gasteiger partial charge >= 0.3 is 0 Å². The lowest BCUT2D eigenvalue weighted by Crippen LogP contribution is -2.34. The van der Waals surface area contributed by atoms with Crippen LogP contribution < -0.4 is 10.6 Å². The molecule has 0 amide bonds. The van der Waals surface area contributed by atoms with Crippen molar-refractivity contribution in [2.75, 3.05) is 38.0 Å². The molecule has 3 rings (SSSR count). The number of anilines is 1. The Labute approximate surface area is 133 Å². The highest BCUT2D eigenvalue weighted by molar-refractivity contribution is 5.37. The number of aryl methyl sites for hydroxylation is 1. The van der Waals surface area contributed by atoms with Gasteiger partial charge < -0.3 is 10.6 Å². The standard InChI is InChI=1S/C17H29N5/c1-3-22-10-4-5-15(22)12-19-17-11-16(20-13(2)21-17)14-6-8-18-9-7-14/h11,14-15,18H,3-10,12H2,1-2H3,(H,19,20,21)/t15-/m0/s1. The van der Waals surface area contributed by atoms with Gasteiger partial charge in [-0.15, -0.1) is 0 Å². The quantitative estimate of drug-likeness (QED) is 0.873. The highest BCUT2D eigenvalue weighted by Gasteiger charge is 2.23. The van der Waals surface area contributed by atoms with Crippen LogP contribution in [0.5, 0.6) is 0 Å². The van der Waals surface area contributed by atoms with Gasteiger partial charge in [0.15, 0.2) is 0 Å². The molecular formula is C17H29N5. The fourth-order valence-corrected chi connectivity index (χ4v) is 3.77. The summed E-state index contributed by atoms with van der Waals surface area (Å²) < 4.78 is 0. The van der Waals surface area contributed by atoms with E-state index in [-0.39, 0.29) is 0 Å². The molecule has 2 aliphatic rings. The lowest BCUT2D eigenvalue weighted by molar-refractivity contribution is 0.277. The van der Waals surface area contributed by atoms with Gasteiger partial charge in [0.05, 0.1) is 0 Å². The van der Waals surface area contributed by atoms with Crippen molar-refractivity contribution in [2.45, 2.75) is 51.5 Å². The Balaban J connectivity index is 1.64. The summed E-state index contributed by atoms with van der Waals surface area (Å²) in [6, 6.07) is 2.83. The summed E-state index contributed by atoms with van der Waals surface area (Å²) >= 11 is 0. The van der Waals surface area contributed by atoms with Gasteiger partial charge in [-0.25, -0.2) is 9.97 Å². The van der Waals surface area contributed by atoms with E-state index in [9.17, 15) is 0 Å². The predicted octanol–water partition coefficient (Wildman–Crippen LogP) is 2.15. The van der Waals surface area contributed by atoms with Crippen LogP contribution in [-0.2, 0) is 0 Å². The maximum atomic E-state index is 4.68. The second-order valence-electron chi connectivity index (χ2n) is 6.56. The highest BCUT2D eigenvalue weighted by Crippen LogP contribution is 2.25. The molecule has 1 aromatic rings. The molecule has 122 valence electrons. The highest BCUT2D eigenvalue weighted by atomic mass is 15.2. The number of hydrogen-bond acceptors (Lipinski definition) is 5. The third-order valence-corrected chi connectivity index (χ3v) is 5.04. The Morgan fingerprint density at radius 1 is 1.27 bits per heavy atom. The molecule has 5 heteroatoms. The summed E-state index contributed by atoms with van der Waals surface area (Å²) in [7, 11) is 0. The van der Waals surface area contributed by atoms with Crippen LogP contribution in [0.1, 0.15) is 50.0 Å². The third-order valence-electron chi connectivity index (χ3n) is 5.04. The number of likely N-dealkylation sites (tertiary alicyclic amines) is 1. The number of rotatable bonds is 5. The van der Waals surface area contributed by atoms with Crippen LogP contribution in [0.3, 0.4) is 0 Å². The van der Waals surface area contributed by atoms with Crippen molar-refractivity contribution < 1.29 is 0 Å². The Kier molecular flexibility index (Phi) is 5.26. The van der Waals surface area contributed by atoms with E-state index in [2.05, 4.69) is 38.5 Å². The number of nitrogens with one attached hydrogen (secondary N) is 2. The molecule has 2 saturated heterocycles. The largest absolute Gasteiger partial charge is 0.368 e. The first-order chi connectivity index (χ1) is 10.8. The minimum Gasteiger partial charge on any atom is -0.368 e. The maximum Gasteiger partial charge on any atom is 0.129 e. The molecule has 1 atom stereocenters. The van der Waals surface area contributed by atoms with Crippen LogP contribution in [0.25, 0.3) is 0 Å². The van der Waals surface area contributed by atoms with Gasteiger partial charge in [0, 0.05) is 30.3 Å². The van der Waals surface area contributed by atoms with Crippen molar-refractivity contribution in [3.05, 3.63) is 17.6 Å². The van der Waals surface area contributed by atoms with Gasteiger partial charge in [-0.1, -0.05) is 6.92 Å². The zero-order valence-electron chi connectivity index (χ0n) is 13.9. The van der Waals surface area contributed by atoms with Gasteiger partial charge in [0.2, 0.25) is 0 Å². The molecule has 2 fully saturated rings. The number of aromatic nitrogens is 2. The van der Waals surface area contributed by atoms with E-state index in [1.54, 1.807) is 0 Å². The van der Waals surface area contributed by atoms with Gasteiger partial charge in [-0.3, -0.25) is 4.90 Å². The molecular weight excluding hydrogens is 274 g/mol. The molecule has 0 radical (unpaired) electrons. The van der Waals surface area contributed by atoms with Gasteiger partial charge in [-0.2, -0.15) is 0 Å². The first-order valence-electron chi connectivity index (χ1n) is 8.80. The van der Waals surface area contributed by atoms with E-state index in [0.29, 0.717) is 12.0 Å². The molecule has 2 N–H and O–H groups in total. The van der Waals surface area contributed by atoms with Crippen LogP contribution in [-0.4, -0.2) is 53.6 Å². The first kappa shape index (κ1) is 15.7. The van der Waals surface area contributed by atoms with E-state index in [0.717, 1.165) is 37.8 Å². The second-order valence-corrected chi connectivity index (χ2v) is 6.56. The van der Waals surface area contributed by atoms with E-state index < -0.39 is 0 Å². The minimum atomic E-state index is 0.585. The second kappa shape index (κ2) is 7.38. The maximum absolute atomic E-state index is 4.68. The summed E-state index contributed by atoms with van der Waals surface area (Å²) in [6.45, 7) is 9.84. The lowest BCUT2D eigenvalue weighted by Gasteiger charge is -2.24. The van der Waals surface area contributed by atoms with Crippen molar-refractivity contribution in [3.63, 3.8) is 0 Å². The van der Waals surface area contributed by atoms with Crippen molar-refractivity contribution >= 4 is 5.82 Å². The Morgan fingerprint density at radius 3 is 2.86 bits per heavy atom. The lowest BCUT2D eigenvalue weighted by atomic mass is 9.94. The third kappa shape index (κ3) is 3.76. The molecule has 22 heavy (non-hydrogen) atoms. The molecule has 0 spiro atoms. The van der Waals surface area contributed by atoms with E-state index in [1.807, 2.05) is 6.92 Å². The topological polar surface area (TPSA) is 53.1 Å². The molecule has 5 nitrogen and oxygen atoms in total.